The highest BCUT2D eigenvalue weighted by atomic mass is 35.5. The van der Waals surface area contributed by atoms with Gasteiger partial charge in [-0.1, -0.05) is 29.8 Å². The molecular weight excluding hydrogens is 306 g/mol. The molecule has 0 aliphatic heterocycles. The predicted octanol–water partition coefficient (Wildman–Crippen LogP) is 2.68. The Hall–Kier alpha value is -1.43. The Kier molecular flexibility index (Phi) is 5.73. The highest BCUT2D eigenvalue weighted by Crippen LogP contribution is 2.30. The number of hydrogen-bond acceptors (Lipinski definition) is 4. The second-order valence-electron chi connectivity index (χ2n) is 4.72. The minimum absolute atomic E-state index is 0.0706. The topological polar surface area (TPSA) is 45.2 Å². The standard InChI is InChI=1S/C15H18ClN3OS/c1-17-7-8-19(2)14(20)9-11-10-21-15(18-11)12-5-3-4-6-13(12)16/h3-6,10,17H,7-9H2,1-2H3. The summed E-state index contributed by atoms with van der Waals surface area (Å²) in [7, 11) is 3.68. The number of benzene rings is 1. The van der Waals surface area contributed by atoms with E-state index in [2.05, 4.69) is 10.3 Å². The number of hydrogen-bond donors (Lipinski definition) is 1. The highest BCUT2D eigenvalue weighted by molar-refractivity contribution is 7.13. The van der Waals surface area contributed by atoms with E-state index in [0.29, 0.717) is 18.0 Å². The van der Waals surface area contributed by atoms with E-state index in [9.17, 15) is 4.79 Å². The molecule has 4 nitrogen and oxygen atoms in total. The van der Waals surface area contributed by atoms with Gasteiger partial charge in [-0.05, 0) is 13.1 Å². The minimum Gasteiger partial charge on any atom is -0.344 e. The predicted molar refractivity (Wildman–Crippen MR) is 87.8 cm³/mol. The van der Waals surface area contributed by atoms with Crippen LogP contribution in [0.15, 0.2) is 29.6 Å². The van der Waals surface area contributed by atoms with Gasteiger partial charge in [0.15, 0.2) is 0 Å². The highest BCUT2D eigenvalue weighted by Gasteiger charge is 2.13. The van der Waals surface area contributed by atoms with Crippen molar-refractivity contribution in [3.05, 3.63) is 40.4 Å². The Balaban J connectivity index is 2.04. The molecule has 0 fully saturated rings. The van der Waals surface area contributed by atoms with Gasteiger partial charge >= 0.3 is 0 Å². The number of halogens is 1. The Bertz CT molecular complexity index is 614. The number of nitrogens with one attached hydrogen (secondary N) is 1. The van der Waals surface area contributed by atoms with Gasteiger partial charge in [0.25, 0.3) is 0 Å². The van der Waals surface area contributed by atoms with E-state index in [1.165, 1.54) is 11.3 Å². The van der Waals surface area contributed by atoms with Gasteiger partial charge in [0, 0.05) is 31.1 Å². The third-order valence-electron chi connectivity index (χ3n) is 3.11. The smallest absolute Gasteiger partial charge is 0.228 e. The van der Waals surface area contributed by atoms with Gasteiger partial charge in [0.2, 0.25) is 5.91 Å². The first kappa shape index (κ1) is 15.9. The molecule has 0 radical (unpaired) electrons. The lowest BCUT2D eigenvalue weighted by Gasteiger charge is -2.16. The van der Waals surface area contributed by atoms with Gasteiger partial charge in [-0.3, -0.25) is 4.79 Å². The summed E-state index contributed by atoms with van der Waals surface area (Å²) in [6.07, 6.45) is 0.321. The van der Waals surface area contributed by atoms with Crippen LogP contribution in [-0.2, 0) is 11.2 Å². The van der Waals surface area contributed by atoms with Crippen molar-refractivity contribution in [2.45, 2.75) is 6.42 Å². The van der Waals surface area contributed by atoms with Crippen LogP contribution >= 0.6 is 22.9 Å². The van der Waals surface area contributed by atoms with Crippen LogP contribution in [0.2, 0.25) is 5.02 Å². The Morgan fingerprint density at radius 1 is 1.43 bits per heavy atom. The third kappa shape index (κ3) is 4.27. The van der Waals surface area contributed by atoms with E-state index in [1.54, 1.807) is 11.9 Å². The molecule has 112 valence electrons. The molecule has 0 atom stereocenters. The summed E-state index contributed by atoms with van der Waals surface area (Å²) < 4.78 is 0. The van der Waals surface area contributed by atoms with Crippen LogP contribution in [0, 0.1) is 0 Å². The first-order valence-electron chi connectivity index (χ1n) is 6.69. The Morgan fingerprint density at radius 3 is 2.90 bits per heavy atom. The lowest BCUT2D eigenvalue weighted by atomic mass is 10.2. The molecule has 0 saturated carbocycles. The van der Waals surface area contributed by atoms with Gasteiger partial charge in [-0.25, -0.2) is 4.98 Å². The van der Waals surface area contributed by atoms with Gasteiger partial charge < -0.3 is 10.2 Å². The summed E-state index contributed by atoms with van der Waals surface area (Å²) in [5.74, 6) is 0.0706. The summed E-state index contributed by atoms with van der Waals surface area (Å²) >= 11 is 7.68. The van der Waals surface area contributed by atoms with Crippen LogP contribution in [0.1, 0.15) is 5.69 Å². The molecule has 0 spiro atoms. The Labute approximate surface area is 133 Å². The fourth-order valence-corrected chi connectivity index (χ4v) is 2.98. The summed E-state index contributed by atoms with van der Waals surface area (Å²) in [5.41, 5.74) is 1.70. The zero-order valence-corrected chi connectivity index (χ0v) is 13.7. The number of aromatic nitrogens is 1. The van der Waals surface area contributed by atoms with Crippen molar-refractivity contribution < 1.29 is 4.79 Å². The number of carbonyl (C=O) groups excluding carboxylic acids is 1. The van der Waals surface area contributed by atoms with Gasteiger partial charge in [-0.2, -0.15) is 0 Å². The van der Waals surface area contributed by atoms with Crippen LogP contribution < -0.4 is 5.32 Å². The molecule has 1 amide bonds. The molecule has 1 heterocycles. The van der Waals surface area contributed by atoms with Crippen molar-refractivity contribution in [2.75, 3.05) is 27.2 Å². The second kappa shape index (κ2) is 7.54. The van der Waals surface area contributed by atoms with Gasteiger partial charge in [0.05, 0.1) is 17.1 Å². The van der Waals surface area contributed by atoms with E-state index >= 15 is 0 Å². The maximum Gasteiger partial charge on any atom is 0.228 e. The number of carbonyl (C=O) groups is 1. The molecule has 0 unspecified atom stereocenters. The van der Waals surface area contributed by atoms with Crippen LogP contribution in [0.4, 0.5) is 0 Å². The quantitative estimate of drug-likeness (QED) is 0.889. The van der Waals surface area contributed by atoms with Crippen molar-refractivity contribution in [3.8, 4) is 10.6 Å². The zero-order valence-electron chi connectivity index (χ0n) is 12.1. The lowest BCUT2D eigenvalue weighted by molar-refractivity contribution is -0.129. The van der Waals surface area contributed by atoms with Gasteiger partial charge in [-0.15, -0.1) is 11.3 Å². The summed E-state index contributed by atoms with van der Waals surface area (Å²) in [4.78, 5) is 18.3. The fourth-order valence-electron chi connectivity index (χ4n) is 1.84. The molecule has 0 saturated heterocycles. The molecule has 2 aromatic rings. The average Bonchev–Trinajstić information content (AvgIpc) is 2.93. The first-order valence-corrected chi connectivity index (χ1v) is 7.95. The van der Waals surface area contributed by atoms with Crippen LogP contribution in [0.25, 0.3) is 10.6 Å². The van der Waals surface area contributed by atoms with Crippen molar-refractivity contribution in [3.63, 3.8) is 0 Å². The van der Waals surface area contributed by atoms with Crippen LogP contribution in [0.3, 0.4) is 0 Å². The molecule has 0 aliphatic rings. The first-order chi connectivity index (χ1) is 10.1. The Morgan fingerprint density at radius 2 is 2.19 bits per heavy atom. The molecular formula is C15H18ClN3OS. The normalized spacial score (nSPS) is 10.6. The number of likely N-dealkylation sites (N-methyl/N-ethyl adjacent to an activating group) is 2. The van der Waals surface area contributed by atoms with E-state index in [1.807, 2.05) is 36.7 Å². The summed E-state index contributed by atoms with van der Waals surface area (Å²) in [6.45, 7) is 1.47. The largest absolute Gasteiger partial charge is 0.344 e. The molecule has 0 aliphatic carbocycles. The van der Waals surface area contributed by atoms with Crippen molar-refractivity contribution in [1.82, 2.24) is 15.2 Å². The molecule has 1 N–H and O–H groups in total. The number of rotatable bonds is 6. The maximum atomic E-state index is 12.1. The fraction of sp³-hybridized carbons (Fsp3) is 0.333. The molecule has 1 aromatic carbocycles. The van der Waals surface area contributed by atoms with Gasteiger partial charge in [0.1, 0.15) is 5.01 Å². The maximum absolute atomic E-state index is 12.1. The summed E-state index contributed by atoms with van der Waals surface area (Å²) in [5, 5.41) is 6.47. The zero-order chi connectivity index (χ0) is 15.2. The average molecular weight is 324 g/mol. The number of amides is 1. The van der Waals surface area contributed by atoms with Crippen LogP contribution in [0.5, 0.6) is 0 Å². The van der Waals surface area contributed by atoms with E-state index in [-0.39, 0.29) is 5.91 Å². The molecule has 21 heavy (non-hydrogen) atoms. The van der Waals surface area contributed by atoms with E-state index in [0.717, 1.165) is 22.8 Å². The molecule has 1 aromatic heterocycles. The lowest BCUT2D eigenvalue weighted by Crippen LogP contribution is -2.33. The van der Waals surface area contributed by atoms with Crippen molar-refractivity contribution in [2.24, 2.45) is 0 Å². The summed E-state index contributed by atoms with van der Waals surface area (Å²) in [6, 6.07) is 7.60. The number of thiazole rings is 1. The second-order valence-corrected chi connectivity index (χ2v) is 5.98. The van der Waals surface area contributed by atoms with Crippen molar-refractivity contribution in [1.29, 1.82) is 0 Å². The van der Waals surface area contributed by atoms with Crippen LogP contribution in [-0.4, -0.2) is 43.0 Å². The molecule has 2 rings (SSSR count). The molecule has 0 bridgehead atoms. The number of nitrogens with zero attached hydrogens (tertiary/aromatic N) is 2. The monoisotopic (exact) mass is 323 g/mol. The third-order valence-corrected chi connectivity index (χ3v) is 4.37. The van der Waals surface area contributed by atoms with E-state index < -0.39 is 0 Å². The van der Waals surface area contributed by atoms with E-state index in [4.69, 9.17) is 11.6 Å². The van der Waals surface area contributed by atoms with Crippen molar-refractivity contribution >= 4 is 28.8 Å². The molecule has 6 heteroatoms. The SMILES string of the molecule is CNCCN(C)C(=O)Cc1csc(-c2ccccc2Cl)n1. The minimum atomic E-state index is 0.0706.